The molecule has 0 saturated heterocycles. The van der Waals surface area contributed by atoms with Crippen molar-refractivity contribution >= 4 is 38.6 Å². The number of amides is 1. The van der Waals surface area contributed by atoms with Crippen LogP contribution in [0, 0.1) is 0 Å². The Morgan fingerprint density at radius 1 is 0.931 bits per heavy atom. The van der Waals surface area contributed by atoms with Gasteiger partial charge in [0, 0.05) is 10.0 Å². The van der Waals surface area contributed by atoms with Crippen molar-refractivity contribution in [2.24, 2.45) is 0 Å². The summed E-state index contributed by atoms with van der Waals surface area (Å²) in [5, 5.41) is 4.76. The zero-order valence-electron chi connectivity index (χ0n) is 17.0. The minimum Gasteiger partial charge on any atom is -0.468 e. The molecule has 3 aromatic rings. The van der Waals surface area contributed by atoms with Crippen molar-refractivity contribution in [3.05, 3.63) is 70.7 Å². The third kappa shape index (κ3) is 6.16. The second-order valence-electron chi connectivity index (χ2n) is 6.48. The average molecular weight is 456 g/mol. The molecule has 0 aliphatic rings. The Labute approximate surface area is 180 Å². The lowest BCUT2D eigenvalue weighted by Gasteiger charge is -2.13. The van der Waals surface area contributed by atoms with Crippen molar-refractivity contribution in [1.29, 1.82) is 0 Å². The van der Waals surface area contributed by atoms with E-state index in [2.05, 4.69) is 39.8 Å². The number of nitrogens with one attached hydrogen (secondary N) is 1. The molecule has 152 valence electrons. The summed E-state index contributed by atoms with van der Waals surface area (Å²) in [6.07, 6.45) is 2.64. The number of benzene rings is 3. The highest BCUT2D eigenvalue weighted by atomic mass is 79.9. The second kappa shape index (κ2) is 11.4. The molecule has 0 bridgehead atoms. The highest BCUT2D eigenvalue weighted by molar-refractivity contribution is 9.10. The van der Waals surface area contributed by atoms with E-state index in [-0.39, 0.29) is 12.5 Å². The summed E-state index contributed by atoms with van der Waals surface area (Å²) in [6.45, 7) is 4.19. The van der Waals surface area contributed by atoms with Crippen molar-refractivity contribution in [2.45, 2.75) is 26.7 Å². The number of ether oxygens (including phenoxy) is 1. The Bertz CT molecular complexity index is 978. The van der Waals surface area contributed by atoms with Gasteiger partial charge in [-0.1, -0.05) is 85.1 Å². The molecular weight excluding hydrogens is 430 g/mol. The van der Waals surface area contributed by atoms with Gasteiger partial charge < -0.3 is 10.1 Å². The fourth-order valence-electron chi connectivity index (χ4n) is 2.72. The first-order chi connectivity index (χ1) is 14.0. The van der Waals surface area contributed by atoms with Gasteiger partial charge in [0.1, 0.15) is 6.54 Å². The number of rotatable bonds is 5. The lowest BCUT2D eigenvalue weighted by molar-refractivity contribution is -0.139. The van der Waals surface area contributed by atoms with E-state index in [1.807, 2.05) is 54.6 Å². The Morgan fingerprint density at radius 2 is 1.62 bits per heavy atom. The topological polar surface area (TPSA) is 55.4 Å². The summed E-state index contributed by atoms with van der Waals surface area (Å²) in [6, 6.07) is 19.5. The summed E-state index contributed by atoms with van der Waals surface area (Å²) < 4.78 is 5.44. The lowest BCUT2D eigenvalue weighted by Crippen LogP contribution is -2.30. The summed E-state index contributed by atoms with van der Waals surface area (Å²) in [5.74, 6) is -0.807. The van der Waals surface area contributed by atoms with Crippen LogP contribution in [0.4, 0.5) is 0 Å². The van der Waals surface area contributed by atoms with Crippen LogP contribution in [0.25, 0.3) is 21.9 Å². The Hall–Kier alpha value is -2.66. The highest BCUT2D eigenvalue weighted by Crippen LogP contribution is 2.33. The standard InChI is InChI=1S/C20H16BrNO3.C4H10/c1-25-19(23)12-22-20(24)17-10-9-14(21)11-18(17)16-8-4-6-13-5-2-3-7-15(13)16;1-3-4-2/h2-11H,12H2,1H3,(H,22,24);3-4H2,1-2H3. The molecule has 5 heteroatoms. The number of hydrogen-bond donors (Lipinski definition) is 1. The molecule has 1 amide bonds. The van der Waals surface area contributed by atoms with Gasteiger partial charge in [0.25, 0.3) is 5.91 Å². The van der Waals surface area contributed by atoms with Crippen LogP contribution in [-0.4, -0.2) is 25.5 Å². The molecule has 0 aromatic heterocycles. The fraction of sp³-hybridized carbons (Fsp3) is 0.250. The molecule has 0 aliphatic heterocycles. The molecule has 0 fully saturated rings. The van der Waals surface area contributed by atoms with Crippen molar-refractivity contribution in [3.63, 3.8) is 0 Å². The van der Waals surface area contributed by atoms with Gasteiger partial charge in [-0.2, -0.15) is 0 Å². The van der Waals surface area contributed by atoms with E-state index in [0.717, 1.165) is 26.4 Å². The number of hydrogen-bond acceptors (Lipinski definition) is 3. The van der Waals surface area contributed by atoms with E-state index >= 15 is 0 Å². The molecule has 3 rings (SSSR count). The van der Waals surface area contributed by atoms with Crippen LogP contribution >= 0.6 is 15.9 Å². The first-order valence-electron chi connectivity index (χ1n) is 9.64. The van der Waals surface area contributed by atoms with Gasteiger partial charge in [0.05, 0.1) is 7.11 Å². The molecule has 29 heavy (non-hydrogen) atoms. The predicted octanol–water partition coefficient (Wildman–Crippen LogP) is 5.98. The number of unbranched alkanes of at least 4 members (excludes halogenated alkanes) is 1. The highest BCUT2D eigenvalue weighted by Gasteiger charge is 2.16. The van der Waals surface area contributed by atoms with Crippen LogP contribution in [0.15, 0.2) is 65.1 Å². The van der Waals surface area contributed by atoms with Crippen LogP contribution in [0.5, 0.6) is 0 Å². The monoisotopic (exact) mass is 455 g/mol. The van der Waals surface area contributed by atoms with E-state index in [1.165, 1.54) is 20.0 Å². The van der Waals surface area contributed by atoms with Gasteiger partial charge in [-0.25, -0.2) is 0 Å². The van der Waals surface area contributed by atoms with Crippen LogP contribution in [0.1, 0.15) is 37.0 Å². The minimum atomic E-state index is -0.489. The molecule has 0 spiro atoms. The normalized spacial score (nSPS) is 10.1. The summed E-state index contributed by atoms with van der Waals surface area (Å²) in [7, 11) is 1.29. The maximum absolute atomic E-state index is 12.6. The molecule has 0 radical (unpaired) electrons. The molecule has 0 saturated carbocycles. The number of carbonyl (C=O) groups excluding carboxylic acids is 2. The molecule has 1 N–H and O–H groups in total. The molecule has 0 aliphatic carbocycles. The molecule has 3 aromatic carbocycles. The maximum Gasteiger partial charge on any atom is 0.325 e. The smallest absolute Gasteiger partial charge is 0.325 e. The largest absolute Gasteiger partial charge is 0.468 e. The molecule has 0 atom stereocenters. The first-order valence-corrected chi connectivity index (χ1v) is 10.4. The van der Waals surface area contributed by atoms with E-state index < -0.39 is 5.97 Å². The van der Waals surface area contributed by atoms with Crippen LogP contribution in [0.2, 0.25) is 0 Å². The summed E-state index contributed by atoms with van der Waals surface area (Å²) in [5.41, 5.74) is 2.26. The zero-order valence-corrected chi connectivity index (χ0v) is 18.6. The molecular formula is C24H26BrNO3. The Kier molecular flexibility index (Phi) is 8.87. The van der Waals surface area contributed by atoms with Crippen molar-refractivity contribution in [1.82, 2.24) is 5.32 Å². The molecule has 0 heterocycles. The quantitative estimate of drug-likeness (QED) is 0.481. The van der Waals surface area contributed by atoms with Gasteiger partial charge in [0.2, 0.25) is 0 Å². The first kappa shape index (κ1) is 22.6. The third-order valence-electron chi connectivity index (χ3n) is 4.43. The van der Waals surface area contributed by atoms with Crippen molar-refractivity contribution in [2.75, 3.05) is 13.7 Å². The van der Waals surface area contributed by atoms with E-state index in [1.54, 1.807) is 6.07 Å². The van der Waals surface area contributed by atoms with E-state index in [4.69, 9.17) is 0 Å². The Balaban J connectivity index is 0.000000687. The summed E-state index contributed by atoms with van der Waals surface area (Å²) in [4.78, 5) is 23.9. The number of fused-ring (bicyclic) bond motifs is 1. The summed E-state index contributed by atoms with van der Waals surface area (Å²) >= 11 is 3.47. The van der Waals surface area contributed by atoms with Crippen LogP contribution in [0.3, 0.4) is 0 Å². The zero-order chi connectivity index (χ0) is 21.2. The van der Waals surface area contributed by atoms with Gasteiger partial charge >= 0.3 is 5.97 Å². The third-order valence-corrected chi connectivity index (χ3v) is 4.92. The maximum atomic E-state index is 12.6. The number of esters is 1. The average Bonchev–Trinajstić information content (AvgIpc) is 2.76. The van der Waals surface area contributed by atoms with Gasteiger partial charge in [0.15, 0.2) is 0 Å². The molecule has 4 nitrogen and oxygen atoms in total. The van der Waals surface area contributed by atoms with Gasteiger partial charge in [-0.3, -0.25) is 9.59 Å². The van der Waals surface area contributed by atoms with Gasteiger partial charge in [-0.05, 0) is 40.1 Å². The number of carbonyl (C=O) groups is 2. The Morgan fingerprint density at radius 3 is 2.31 bits per heavy atom. The van der Waals surface area contributed by atoms with Crippen molar-refractivity contribution < 1.29 is 14.3 Å². The number of methoxy groups -OCH3 is 1. The minimum absolute atomic E-state index is 0.166. The lowest BCUT2D eigenvalue weighted by atomic mass is 9.94. The fourth-order valence-corrected chi connectivity index (χ4v) is 3.08. The van der Waals surface area contributed by atoms with E-state index in [0.29, 0.717) is 5.56 Å². The van der Waals surface area contributed by atoms with Crippen LogP contribution in [-0.2, 0) is 9.53 Å². The van der Waals surface area contributed by atoms with Crippen LogP contribution < -0.4 is 5.32 Å². The number of halogens is 1. The predicted molar refractivity (Wildman–Crippen MR) is 122 cm³/mol. The van der Waals surface area contributed by atoms with Gasteiger partial charge in [-0.15, -0.1) is 0 Å². The van der Waals surface area contributed by atoms with Crippen molar-refractivity contribution in [3.8, 4) is 11.1 Å². The SMILES string of the molecule is CCCC.COC(=O)CNC(=O)c1ccc(Br)cc1-c1cccc2ccccc12. The molecule has 0 unspecified atom stereocenters. The second-order valence-corrected chi connectivity index (χ2v) is 7.39. The van der Waals surface area contributed by atoms with E-state index in [9.17, 15) is 9.59 Å².